The van der Waals surface area contributed by atoms with Crippen LogP contribution in [0.5, 0.6) is 0 Å². The number of ether oxygens (including phenoxy) is 1. The van der Waals surface area contributed by atoms with Gasteiger partial charge in [-0.1, -0.05) is 11.6 Å². The number of anilines is 1. The van der Waals surface area contributed by atoms with Gasteiger partial charge in [-0.2, -0.15) is 5.10 Å². The molecule has 4 rings (SSSR count). The summed E-state index contributed by atoms with van der Waals surface area (Å²) in [4.78, 5) is 7.19. The van der Waals surface area contributed by atoms with Crippen molar-refractivity contribution in [3.63, 3.8) is 0 Å². The monoisotopic (exact) mass is 306 g/mol. The van der Waals surface area contributed by atoms with E-state index in [1.807, 2.05) is 25.6 Å². The number of hydrogen-bond acceptors (Lipinski definition) is 4. The molecule has 0 amide bonds. The Morgan fingerprint density at radius 3 is 2.86 bits per heavy atom. The first-order valence-corrected chi connectivity index (χ1v) is 7.78. The molecule has 2 aliphatic heterocycles. The third-order valence-electron chi connectivity index (χ3n) is 4.65. The molecule has 2 aliphatic rings. The van der Waals surface area contributed by atoms with E-state index in [4.69, 9.17) is 21.3 Å². The minimum absolute atomic E-state index is 0.340. The molecule has 0 aromatic carbocycles. The third-order valence-corrected chi connectivity index (χ3v) is 5.13. The van der Waals surface area contributed by atoms with Gasteiger partial charge in [0.25, 0.3) is 0 Å². The first-order valence-electron chi connectivity index (χ1n) is 7.40. The highest BCUT2D eigenvalue weighted by Gasteiger charge is 2.35. The van der Waals surface area contributed by atoms with Gasteiger partial charge in [-0.05, 0) is 20.3 Å². The smallest absolute Gasteiger partial charge is 0.161 e. The van der Waals surface area contributed by atoms with Gasteiger partial charge in [-0.25, -0.2) is 4.98 Å². The quantitative estimate of drug-likeness (QED) is 0.812. The molecule has 2 unspecified atom stereocenters. The van der Waals surface area contributed by atoms with E-state index in [2.05, 4.69) is 10.00 Å². The van der Waals surface area contributed by atoms with Crippen molar-refractivity contribution in [2.45, 2.75) is 26.4 Å². The van der Waals surface area contributed by atoms with E-state index in [1.54, 1.807) is 0 Å². The summed E-state index contributed by atoms with van der Waals surface area (Å²) >= 11 is 6.61. The molecule has 2 bridgehead atoms. The zero-order valence-corrected chi connectivity index (χ0v) is 13.3. The van der Waals surface area contributed by atoms with Crippen LogP contribution in [0.1, 0.15) is 17.7 Å². The number of fused-ring (bicyclic) bond motifs is 3. The van der Waals surface area contributed by atoms with Crippen LogP contribution in [0, 0.1) is 19.8 Å². The van der Waals surface area contributed by atoms with Crippen LogP contribution in [0.4, 0.5) is 5.82 Å². The number of pyridine rings is 1. The van der Waals surface area contributed by atoms with Crippen molar-refractivity contribution in [1.82, 2.24) is 14.8 Å². The van der Waals surface area contributed by atoms with Crippen molar-refractivity contribution in [2.75, 3.05) is 24.6 Å². The molecule has 0 spiro atoms. The second-order valence-electron chi connectivity index (χ2n) is 6.24. The number of aromatic nitrogens is 3. The molecule has 21 heavy (non-hydrogen) atoms. The average Bonchev–Trinajstić information content (AvgIpc) is 2.93. The lowest BCUT2D eigenvalue weighted by atomic mass is 9.99. The van der Waals surface area contributed by atoms with Gasteiger partial charge in [0.2, 0.25) is 0 Å². The van der Waals surface area contributed by atoms with E-state index in [1.165, 1.54) is 6.42 Å². The van der Waals surface area contributed by atoms with Gasteiger partial charge < -0.3 is 9.64 Å². The van der Waals surface area contributed by atoms with Crippen LogP contribution in [0.3, 0.4) is 0 Å². The molecule has 6 heteroatoms. The van der Waals surface area contributed by atoms with Gasteiger partial charge in [0.05, 0.1) is 28.8 Å². The second-order valence-corrected chi connectivity index (χ2v) is 6.62. The Hall–Kier alpha value is -1.33. The summed E-state index contributed by atoms with van der Waals surface area (Å²) in [5.41, 5.74) is 2.83. The minimum Gasteiger partial charge on any atom is -0.376 e. The number of rotatable bonds is 1. The summed E-state index contributed by atoms with van der Waals surface area (Å²) in [6, 6.07) is 0. The van der Waals surface area contributed by atoms with Gasteiger partial charge >= 0.3 is 0 Å². The predicted molar refractivity (Wildman–Crippen MR) is 83.1 cm³/mol. The van der Waals surface area contributed by atoms with E-state index < -0.39 is 0 Å². The zero-order valence-electron chi connectivity index (χ0n) is 12.6. The third kappa shape index (κ3) is 1.94. The lowest BCUT2D eigenvalue weighted by molar-refractivity contribution is 0.119. The highest BCUT2D eigenvalue weighted by Crippen LogP contribution is 2.36. The number of halogens is 1. The minimum atomic E-state index is 0.340. The van der Waals surface area contributed by atoms with Crippen LogP contribution in [-0.4, -0.2) is 40.6 Å². The largest absolute Gasteiger partial charge is 0.376 e. The Morgan fingerprint density at radius 2 is 2.10 bits per heavy atom. The van der Waals surface area contributed by atoms with E-state index in [0.717, 1.165) is 52.8 Å². The number of nitrogens with zero attached hydrogens (tertiary/aromatic N) is 4. The number of hydrogen-bond donors (Lipinski definition) is 0. The van der Waals surface area contributed by atoms with Crippen molar-refractivity contribution in [3.05, 3.63) is 16.3 Å². The maximum atomic E-state index is 6.61. The zero-order chi connectivity index (χ0) is 14.7. The average molecular weight is 307 g/mol. The van der Waals surface area contributed by atoms with Crippen molar-refractivity contribution in [1.29, 1.82) is 0 Å². The normalized spacial score (nSPS) is 25.0. The fourth-order valence-corrected chi connectivity index (χ4v) is 3.95. The first-order chi connectivity index (χ1) is 10.0. The summed E-state index contributed by atoms with van der Waals surface area (Å²) in [5.74, 6) is 1.60. The molecule has 2 aromatic heterocycles. The molecule has 2 fully saturated rings. The van der Waals surface area contributed by atoms with Crippen LogP contribution in [0.25, 0.3) is 11.0 Å². The Morgan fingerprint density at radius 1 is 1.29 bits per heavy atom. The SMILES string of the molecule is Cc1c(N2CC3COC(C3)C2)nc2c(c(C)nn2C)c1Cl. The Labute approximate surface area is 128 Å². The topological polar surface area (TPSA) is 43.2 Å². The molecular weight excluding hydrogens is 288 g/mol. The van der Waals surface area contributed by atoms with Crippen molar-refractivity contribution >= 4 is 28.5 Å². The summed E-state index contributed by atoms with van der Waals surface area (Å²) < 4.78 is 7.61. The lowest BCUT2D eigenvalue weighted by Crippen LogP contribution is -2.40. The summed E-state index contributed by atoms with van der Waals surface area (Å²) in [6.45, 7) is 6.81. The molecular formula is C15H19ClN4O. The van der Waals surface area contributed by atoms with Gasteiger partial charge in [-0.3, -0.25) is 4.68 Å². The predicted octanol–water partition coefficient (Wildman–Crippen LogP) is 2.46. The maximum Gasteiger partial charge on any atom is 0.161 e. The van der Waals surface area contributed by atoms with Crippen LogP contribution in [0.2, 0.25) is 5.02 Å². The van der Waals surface area contributed by atoms with Crippen LogP contribution in [-0.2, 0) is 11.8 Å². The molecule has 0 N–H and O–H groups in total. The highest BCUT2D eigenvalue weighted by molar-refractivity contribution is 6.36. The Kier molecular flexibility index (Phi) is 2.91. The van der Waals surface area contributed by atoms with Crippen molar-refractivity contribution < 1.29 is 4.74 Å². The van der Waals surface area contributed by atoms with Gasteiger partial charge in [0.15, 0.2) is 5.65 Å². The van der Waals surface area contributed by atoms with E-state index in [0.29, 0.717) is 12.0 Å². The van der Waals surface area contributed by atoms with Crippen molar-refractivity contribution in [3.8, 4) is 0 Å². The molecule has 0 aliphatic carbocycles. The van der Waals surface area contributed by atoms with Crippen molar-refractivity contribution in [2.24, 2.45) is 13.0 Å². The Bertz CT molecular complexity index is 714. The van der Waals surface area contributed by atoms with Crippen LogP contribution >= 0.6 is 11.6 Å². The van der Waals surface area contributed by atoms with Gasteiger partial charge in [0.1, 0.15) is 5.82 Å². The van der Waals surface area contributed by atoms with E-state index >= 15 is 0 Å². The fourth-order valence-electron chi connectivity index (χ4n) is 3.65. The molecule has 0 saturated carbocycles. The molecule has 2 aromatic rings. The molecule has 0 radical (unpaired) electrons. The molecule has 4 heterocycles. The molecule has 112 valence electrons. The lowest BCUT2D eigenvalue weighted by Gasteiger charge is -2.32. The molecule has 2 atom stereocenters. The summed E-state index contributed by atoms with van der Waals surface area (Å²) in [7, 11) is 1.92. The summed E-state index contributed by atoms with van der Waals surface area (Å²) in [5, 5.41) is 6.19. The van der Waals surface area contributed by atoms with Crippen LogP contribution < -0.4 is 4.90 Å². The maximum absolute atomic E-state index is 6.61. The first kappa shape index (κ1) is 13.3. The van der Waals surface area contributed by atoms with Crippen LogP contribution in [0.15, 0.2) is 0 Å². The fraction of sp³-hybridized carbons (Fsp3) is 0.600. The summed E-state index contributed by atoms with van der Waals surface area (Å²) in [6.07, 6.45) is 1.52. The van der Waals surface area contributed by atoms with E-state index in [-0.39, 0.29) is 0 Å². The molecule has 2 saturated heterocycles. The highest BCUT2D eigenvalue weighted by atomic mass is 35.5. The van der Waals surface area contributed by atoms with Gasteiger partial charge in [-0.15, -0.1) is 0 Å². The standard InChI is InChI=1S/C15H19ClN4O/c1-8-13(16)12-9(2)18-19(3)15(12)17-14(8)20-5-10-4-11(6-20)21-7-10/h10-11H,4-7H2,1-3H3. The second kappa shape index (κ2) is 4.58. The van der Waals surface area contributed by atoms with Gasteiger partial charge in [0, 0.05) is 31.6 Å². The number of piperidine rings is 1. The Balaban J connectivity index is 1.85. The number of aryl methyl sites for hydroxylation is 2. The molecule has 5 nitrogen and oxygen atoms in total. The van der Waals surface area contributed by atoms with E-state index in [9.17, 15) is 0 Å².